The summed E-state index contributed by atoms with van der Waals surface area (Å²) in [5, 5.41) is 7.69. The van der Waals surface area contributed by atoms with Gasteiger partial charge in [-0.05, 0) is 71.2 Å². The molecule has 2 aromatic carbocycles. The van der Waals surface area contributed by atoms with Crippen molar-refractivity contribution in [3.05, 3.63) is 77.1 Å². The number of anilines is 1. The maximum absolute atomic E-state index is 13.4. The minimum absolute atomic E-state index is 0.0788. The largest absolute Gasteiger partial charge is 0.444 e. The number of likely N-dealkylation sites (tertiary alicyclic amines) is 1. The van der Waals surface area contributed by atoms with Crippen LogP contribution < -0.4 is 5.32 Å². The molecule has 3 aromatic rings. The summed E-state index contributed by atoms with van der Waals surface area (Å²) in [5.74, 6) is -0.0997. The molecular formula is C28H34N4O3. The zero-order valence-electron chi connectivity index (χ0n) is 21.2. The number of ether oxygens (including phenoxy) is 1. The smallest absolute Gasteiger partial charge is 0.410 e. The van der Waals surface area contributed by atoms with E-state index in [0.29, 0.717) is 18.7 Å². The number of carbonyl (C=O) groups is 2. The van der Waals surface area contributed by atoms with Crippen molar-refractivity contribution < 1.29 is 14.3 Å². The third-order valence-electron chi connectivity index (χ3n) is 6.26. The van der Waals surface area contributed by atoms with Gasteiger partial charge in [0.2, 0.25) is 0 Å². The van der Waals surface area contributed by atoms with Gasteiger partial charge in [-0.1, -0.05) is 35.9 Å². The Hall–Kier alpha value is -3.61. The molecule has 7 nitrogen and oxygen atoms in total. The van der Waals surface area contributed by atoms with E-state index in [1.54, 1.807) is 11.1 Å². The third kappa shape index (κ3) is 5.73. The monoisotopic (exact) mass is 474 g/mol. The molecule has 0 aliphatic carbocycles. The van der Waals surface area contributed by atoms with Crippen molar-refractivity contribution >= 4 is 17.7 Å². The minimum Gasteiger partial charge on any atom is -0.444 e. The van der Waals surface area contributed by atoms with Gasteiger partial charge in [0, 0.05) is 24.7 Å². The third-order valence-corrected chi connectivity index (χ3v) is 6.26. The normalized spacial score (nSPS) is 14.6. The molecule has 0 unspecified atom stereocenters. The highest BCUT2D eigenvalue weighted by Gasteiger charge is 2.32. The summed E-state index contributed by atoms with van der Waals surface area (Å²) in [4.78, 5) is 27.7. The Morgan fingerprint density at radius 2 is 1.66 bits per heavy atom. The van der Waals surface area contributed by atoms with Crippen LogP contribution in [0.2, 0.25) is 0 Å². The van der Waals surface area contributed by atoms with Crippen molar-refractivity contribution in [1.82, 2.24) is 14.7 Å². The van der Waals surface area contributed by atoms with Crippen LogP contribution in [0.3, 0.4) is 0 Å². The zero-order chi connectivity index (χ0) is 25.2. The topological polar surface area (TPSA) is 76.5 Å². The first kappa shape index (κ1) is 24.5. The van der Waals surface area contributed by atoms with Gasteiger partial charge in [-0.15, -0.1) is 0 Å². The van der Waals surface area contributed by atoms with Gasteiger partial charge in [0.1, 0.15) is 5.60 Å². The number of benzene rings is 2. The van der Waals surface area contributed by atoms with Gasteiger partial charge >= 0.3 is 6.09 Å². The summed E-state index contributed by atoms with van der Waals surface area (Å²) in [6.45, 7) is 10.8. The maximum Gasteiger partial charge on any atom is 0.410 e. The number of hydrogen-bond donors (Lipinski definition) is 1. The lowest BCUT2D eigenvalue weighted by molar-refractivity contribution is 0.0203. The molecule has 1 saturated heterocycles. The molecule has 0 radical (unpaired) electrons. The van der Waals surface area contributed by atoms with Gasteiger partial charge in [0.05, 0.1) is 23.1 Å². The highest BCUT2D eigenvalue weighted by Crippen LogP contribution is 2.33. The fourth-order valence-corrected chi connectivity index (χ4v) is 4.38. The number of para-hydroxylation sites is 1. The van der Waals surface area contributed by atoms with Crippen molar-refractivity contribution in [2.45, 2.75) is 59.0 Å². The quantitative estimate of drug-likeness (QED) is 0.514. The second-order valence-electron chi connectivity index (χ2n) is 10.2. The number of carbonyl (C=O) groups excluding carboxylic acids is 2. The van der Waals surface area contributed by atoms with Crippen LogP contribution in [0.4, 0.5) is 10.5 Å². The van der Waals surface area contributed by atoms with E-state index in [1.807, 2.05) is 87.8 Å². The Bertz CT molecular complexity index is 1200. The predicted octanol–water partition coefficient (Wildman–Crippen LogP) is 5.86. The standard InChI is InChI=1S/C28H34N4O3/c1-19-10-12-22(13-11-19)32-25(21-14-16-31(17-15-21)27(34)35-28(3,4)5)23(18-29-32)26(33)30-24-9-7-6-8-20(24)2/h6-13,18,21H,14-17H2,1-5H3,(H,30,33). The highest BCUT2D eigenvalue weighted by molar-refractivity contribution is 6.05. The maximum atomic E-state index is 13.4. The van der Waals surface area contributed by atoms with Crippen molar-refractivity contribution in [2.24, 2.45) is 0 Å². The van der Waals surface area contributed by atoms with Gasteiger partial charge in [-0.2, -0.15) is 5.10 Å². The zero-order valence-corrected chi connectivity index (χ0v) is 21.2. The molecule has 1 N–H and O–H groups in total. The van der Waals surface area contributed by atoms with Crippen LogP contribution in [0.5, 0.6) is 0 Å². The first-order chi connectivity index (χ1) is 16.6. The number of piperidine rings is 1. The number of rotatable bonds is 4. The molecule has 0 bridgehead atoms. The van der Waals surface area contributed by atoms with Crippen LogP contribution in [0.1, 0.15) is 66.7 Å². The molecule has 35 heavy (non-hydrogen) atoms. The second-order valence-corrected chi connectivity index (χ2v) is 10.2. The first-order valence-corrected chi connectivity index (χ1v) is 12.1. The molecule has 2 heterocycles. The van der Waals surface area contributed by atoms with Crippen LogP contribution in [0.25, 0.3) is 5.69 Å². The molecular weight excluding hydrogens is 440 g/mol. The number of hydrogen-bond acceptors (Lipinski definition) is 4. The number of nitrogens with one attached hydrogen (secondary N) is 1. The van der Waals surface area contributed by atoms with Gasteiger partial charge < -0.3 is 15.0 Å². The Labute approximate surface area is 207 Å². The summed E-state index contributed by atoms with van der Waals surface area (Å²) in [5.41, 5.74) is 4.76. The molecule has 1 aliphatic rings. The molecule has 4 rings (SSSR count). The van der Waals surface area contributed by atoms with Crippen LogP contribution in [0.15, 0.2) is 54.7 Å². The predicted molar refractivity (Wildman–Crippen MR) is 137 cm³/mol. The van der Waals surface area contributed by atoms with Crippen molar-refractivity contribution in [2.75, 3.05) is 18.4 Å². The van der Waals surface area contributed by atoms with E-state index in [0.717, 1.165) is 41.0 Å². The van der Waals surface area contributed by atoms with E-state index in [-0.39, 0.29) is 17.9 Å². The van der Waals surface area contributed by atoms with Crippen LogP contribution in [-0.2, 0) is 4.74 Å². The van der Waals surface area contributed by atoms with Crippen molar-refractivity contribution in [1.29, 1.82) is 0 Å². The Balaban J connectivity index is 1.62. The van der Waals surface area contributed by atoms with Crippen LogP contribution >= 0.6 is 0 Å². The average molecular weight is 475 g/mol. The molecule has 1 aliphatic heterocycles. The van der Waals surface area contributed by atoms with Crippen LogP contribution in [0, 0.1) is 13.8 Å². The van der Waals surface area contributed by atoms with Gasteiger partial charge in [-0.25, -0.2) is 9.48 Å². The molecule has 184 valence electrons. The lowest BCUT2D eigenvalue weighted by Gasteiger charge is -2.34. The molecule has 2 amide bonds. The number of amides is 2. The highest BCUT2D eigenvalue weighted by atomic mass is 16.6. The fourth-order valence-electron chi connectivity index (χ4n) is 4.38. The summed E-state index contributed by atoms with van der Waals surface area (Å²) >= 11 is 0. The first-order valence-electron chi connectivity index (χ1n) is 12.1. The number of aromatic nitrogens is 2. The van der Waals surface area contributed by atoms with E-state index >= 15 is 0 Å². The van der Waals surface area contributed by atoms with Crippen molar-refractivity contribution in [3.63, 3.8) is 0 Å². The molecule has 1 fully saturated rings. The van der Waals surface area contributed by atoms with E-state index in [2.05, 4.69) is 10.4 Å². The molecule has 1 aromatic heterocycles. The Morgan fingerprint density at radius 1 is 1.00 bits per heavy atom. The van der Waals surface area contributed by atoms with Gasteiger partial charge in [-0.3, -0.25) is 4.79 Å². The lowest BCUT2D eigenvalue weighted by Crippen LogP contribution is -2.41. The SMILES string of the molecule is Cc1ccc(-n2ncc(C(=O)Nc3ccccc3C)c2C2CCN(C(=O)OC(C)(C)C)CC2)cc1. The van der Waals surface area contributed by atoms with Crippen LogP contribution in [-0.4, -0.2) is 45.4 Å². The number of nitrogens with zero attached hydrogens (tertiary/aromatic N) is 3. The Morgan fingerprint density at radius 3 is 2.29 bits per heavy atom. The molecule has 0 saturated carbocycles. The van der Waals surface area contributed by atoms with Crippen molar-refractivity contribution in [3.8, 4) is 5.69 Å². The average Bonchev–Trinajstić information content (AvgIpc) is 3.25. The summed E-state index contributed by atoms with van der Waals surface area (Å²) in [6.07, 6.45) is 2.81. The molecule has 0 spiro atoms. The molecule has 0 atom stereocenters. The Kier molecular flexibility index (Phi) is 6.96. The van der Waals surface area contributed by atoms with E-state index in [1.165, 1.54) is 0 Å². The fraction of sp³-hybridized carbons (Fsp3) is 0.393. The second kappa shape index (κ2) is 9.94. The minimum atomic E-state index is -0.529. The lowest BCUT2D eigenvalue weighted by atomic mass is 9.90. The summed E-state index contributed by atoms with van der Waals surface area (Å²) < 4.78 is 7.43. The van der Waals surface area contributed by atoms with E-state index in [9.17, 15) is 9.59 Å². The van der Waals surface area contributed by atoms with Gasteiger partial charge in [0.15, 0.2) is 0 Å². The molecule has 7 heteroatoms. The van der Waals surface area contributed by atoms with Gasteiger partial charge in [0.25, 0.3) is 5.91 Å². The number of aryl methyl sites for hydroxylation is 2. The van der Waals surface area contributed by atoms with E-state index in [4.69, 9.17) is 4.74 Å². The summed E-state index contributed by atoms with van der Waals surface area (Å²) in [6, 6.07) is 15.8. The summed E-state index contributed by atoms with van der Waals surface area (Å²) in [7, 11) is 0. The van der Waals surface area contributed by atoms with E-state index < -0.39 is 5.60 Å².